The van der Waals surface area contributed by atoms with Crippen molar-refractivity contribution in [1.82, 2.24) is 10.6 Å². The highest BCUT2D eigenvalue weighted by atomic mass is 16.4. The average Bonchev–Trinajstić information content (AvgIpc) is 2.12. The maximum absolute atomic E-state index is 11.8. The van der Waals surface area contributed by atoms with Gasteiger partial charge in [0.15, 0.2) is 0 Å². The van der Waals surface area contributed by atoms with E-state index in [1.807, 2.05) is 0 Å². The summed E-state index contributed by atoms with van der Waals surface area (Å²) in [6.45, 7) is 12.5. The van der Waals surface area contributed by atoms with Crippen molar-refractivity contribution in [1.29, 1.82) is 0 Å². The topological polar surface area (TPSA) is 78.4 Å². The van der Waals surface area contributed by atoms with Gasteiger partial charge in [0.05, 0.1) is 6.42 Å². The maximum atomic E-state index is 11.8. The molecule has 0 atom stereocenters. The van der Waals surface area contributed by atoms with Gasteiger partial charge >= 0.3 is 12.0 Å². The van der Waals surface area contributed by atoms with E-state index in [1.165, 1.54) is 0 Å². The highest BCUT2D eigenvalue weighted by molar-refractivity contribution is 5.76. The molecule has 0 fully saturated rings. The van der Waals surface area contributed by atoms with Crippen molar-refractivity contribution in [2.75, 3.05) is 6.54 Å². The van der Waals surface area contributed by atoms with E-state index < -0.39 is 11.5 Å². The lowest BCUT2D eigenvalue weighted by Crippen LogP contribution is -2.50. The van der Waals surface area contributed by atoms with E-state index >= 15 is 0 Å². The number of carboxylic acid groups (broad SMARTS) is 1. The molecule has 0 aromatic carbocycles. The second-order valence-electron chi connectivity index (χ2n) is 6.44. The molecule has 0 unspecified atom stereocenters. The van der Waals surface area contributed by atoms with Gasteiger partial charge in [-0.1, -0.05) is 27.7 Å². The molecule has 5 nitrogen and oxygen atoms in total. The van der Waals surface area contributed by atoms with Crippen LogP contribution in [0.25, 0.3) is 0 Å². The fourth-order valence-corrected chi connectivity index (χ4v) is 2.23. The van der Waals surface area contributed by atoms with Gasteiger partial charge in [0.2, 0.25) is 0 Å². The number of hydrogen-bond donors (Lipinski definition) is 3. The number of urea groups is 1. The van der Waals surface area contributed by atoms with Gasteiger partial charge in [-0.3, -0.25) is 4.79 Å². The van der Waals surface area contributed by atoms with Crippen LogP contribution in [0, 0.1) is 17.8 Å². The summed E-state index contributed by atoms with van der Waals surface area (Å²) in [5.41, 5.74) is -0.749. The predicted molar refractivity (Wildman–Crippen MR) is 76.0 cm³/mol. The Balaban J connectivity index is 4.28. The van der Waals surface area contributed by atoms with Gasteiger partial charge in [-0.25, -0.2) is 4.79 Å². The van der Waals surface area contributed by atoms with E-state index in [1.54, 1.807) is 13.8 Å². The molecule has 0 saturated carbocycles. The summed E-state index contributed by atoms with van der Waals surface area (Å²) >= 11 is 0. The molecular weight excluding hydrogens is 244 g/mol. The summed E-state index contributed by atoms with van der Waals surface area (Å²) in [5.74, 6) is 0.473. The first kappa shape index (κ1) is 17.7. The minimum absolute atomic E-state index is 0.0990. The first-order valence-corrected chi connectivity index (χ1v) is 6.83. The second-order valence-corrected chi connectivity index (χ2v) is 6.44. The van der Waals surface area contributed by atoms with E-state index in [2.05, 4.69) is 38.3 Å². The summed E-state index contributed by atoms with van der Waals surface area (Å²) in [4.78, 5) is 22.4. The zero-order valence-corrected chi connectivity index (χ0v) is 12.9. The number of carbonyl (C=O) groups excluding carboxylic acids is 1. The van der Waals surface area contributed by atoms with Gasteiger partial charge in [0, 0.05) is 12.1 Å². The van der Waals surface area contributed by atoms with Gasteiger partial charge < -0.3 is 15.7 Å². The Hall–Kier alpha value is -1.26. The fraction of sp³-hybridized carbons (Fsp3) is 0.857. The van der Waals surface area contributed by atoms with Crippen molar-refractivity contribution in [3.8, 4) is 0 Å². The molecule has 0 aliphatic heterocycles. The third-order valence-corrected chi connectivity index (χ3v) is 3.26. The Kier molecular flexibility index (Phi) is 6.87. The molecule has 0 aromatic rings. The maximum Gasteiger partial charge on any atom is 0.315 e. The van der Waals surface area contributed by atoms with Crippen LogP contribution in [0.15, 0.2) is 0 Å². The Morgan fingerprint density at radius 3 is 1.95 bits per heavy atom. The molecule has 112 valence electrons. The van der Waals surface area contributed by atoms with Gasteiger partial charge in [-0.2, -0.15) is 0 Å². The van der Waals surface area contributed by atoms with Crippen LogP contribution in [0.5, 0.6) is 0 Å². The van der Waals surface area contributed by atoms with E-state index in [0.717, 1.165) is 0 Å². The third-order valence-electron chi connectivity index (χ3n) is 3.26. The smallest absolute Gasteiger partial charge is 0.315 e. The molecule has 0 heterocycles. The second kappa shape index (κ2) is 7.36. The molecule has 0 aromatic heterocycles. The van der Waals surface area contributed by atoms with Gasteiger partial charge in [0.25, 0.3) is 0 Å². The third kappa shape index (κ3) is 7.70. The molecule has 5 heteroatoms. The van der Waals surface area contributed by atoms with Gasteiger partial charge in [-0.15, -0.1) is 0 Å². The SMILES string of the molecule is CC(C)C(CNC(=O)NC(C)(C)CC(=O)O)C(C)C. The molecule has 0 spiro atoms. The Morgan fingerprint density at radius 1 is 1.11 bits per heavy atom. The first-order chi connectivity index (χ1) is 8.55. The summed E-state index contributed by atoms with van der Waals surface area (Å²) in [7, 11) is 0. The molecule has 0 saturated heterocycles. The van der Waals surface area contributed by atoms with Crippen molar-refractivity contribution in [2.24, 2.45) is 17.8 Å². The monoisotopic (exact) mass is 272 g/mol. The minimum Gasteiger partial charge on any atom is -0.481 e. The molecule has 19 heavy (non-hydrogen) atoms. The summed E-state index contributed by atoms with van der Waals surface area (Å²) in [6, 6.07) is -0.308. The van der Waals surface area contributed by atoms with E-state index in [4.69, 9.17) is 5.11 Å². The molecule has 3 N–H and O–H groups in total. The normalized spacial score (nSPS) is 12.1. The van der Waals surface area contributed by atoms with E-state index in [9.17, 15) is 9.59 Å². The number of hydrogen-bond acceptors (Lipinski definition) is 2. The lowest BCUT2D eigenvalue weighted by molar-refractivity contribution is -0.138. The summed E-state index contributed by atoms with van der Waals surface area (Å²) in [5, 5.41) is 14.3. The largest absolute Gasteiger partial charge is 0.481 e. The molecular formula is C14H28N2O3. The quantitative estimate of drug-likeness (QED) is 0.666. The number of carboxylic acids is 1. The predicted octanol–water partition coefficient (Wildman–Crippen LogP) is 2.47. The zero-order valence-electron chi connectivity index (χ0n) is 12.9. The van der Waals surface area contributed by atoms with Gasteiger partial charge in [-0.05, 0) is 31.6 Å². The molecule has 0 aliphatic rings. The van der Waals surface area contributed by atoms with Crippen LogP contribution in [0.4, 0.5) is 4.79 Å². The number of amides is 2. The number of rotatable bonds is 7. The molecule has 0 radical (unpaired) electrons. The van der Waals surface area contributed by atoms with Crippen molar-refractivity contribution < 1.29 is 14.7 Å². The highest BCUT2D eigenvalue weighted by Gasteiger charge is 2.24. The summed E-state index contributed by atoms with van der Waals surface area (Å²) in [6.07, 6.45) is -0.0990. The minimum atomic E-state index is -0.924. The molecule has 2 amide bonds. The lowest BCUT2D eigenvalue weighted by Gasteiger charge is -2.28. The standard InChI is InChI=1S/C14H28N2O3/c1-9(2)11(10(3)4)8-15-13(19)16-14(5,6)7-12(17)18/h9-11H,7-8H2,1-6H3,(H,17,18)(H2,15,16,19). The van der Waals surface area contributed by atoms with Crippen LogP contribution in [0.2, 0.25) is 0 Å². The Bertz CT molecular complexity index is 304. The van der Waals surface area contributed by atoms with Crippen LogP contribution in [0.3, 0.4) is 0 Å². The highest BCUT2D eigenvalue weighted by Crippen LogP contribution is 2.19. The Morgan fingerprint density at radius 2 is 1.58 bits per heavy atom. The van der Waals surface area contributed by atoms with Crippen LogP contribution >= 0.6 is 0 Å². The van der Waals surface area contributed by atoms with Crippen LogP contribution < -0.4 is 10.6 Å². The van der Waals surface area contributed by atoms with E-state index in [0.29, 0.717) is 24.3 Å². The number of nitrogens with one attached hydrogen (secondary N) is 2. The lowest BCUT2D eigenvalue weighted by atomic mass is 9.85. The number of carbonyl (C=O) groups is 2. The van der Waals surface area contributed by atoms with E-state index in [-0.39, 0.29) is 12.5 Å². The summed E-state index contributed by atoms with van der Waals surface area (Å²) < 4.78 is 0. The van der Waals surface area contributed by atoms with Crippen molar-refractivity contribution in [3.05, 3.63) is 0 Å². The van der Waals surface area contributed by atoms with Crippen molar-refractivity contribution in [3.63, 3.8) is 0 Å². The Labute approximate surface area is 116 Å². The molecule has 0 aliphatic carbocycles. The van der Waals surface area contributed by atoms with Crippen molar-refractivity contribution >= 4 is 12.0 Å². The first-order valence-electron chi connectivity index (χ1n) is 6.83. The van der Waals surface area contributed by atoms with Crippen molar-refractivity contribution in [2.45, 2.75) is 53.5 Å². The average molecular weight is 272 g/mol. The van der Waals surface area contributed by atoms with Gasteiger partial charge in [0.1, 0.15) is 0 Å². The number of aliphatic carboxylic acids is 1. The zero-order chi connectivity index (χ0) is 15.2. The van der Waals surface area contributed by atoms with Crippen LogP contribution in [-0.2, 0) is 4.79 Å². The fourth-order valence-electron chi connectivity index (χ4n) is 2.23. The molecule has 0 bridgehead atoms. The molecule has 0 rings (SSSR count). The van der Waals surface area contributed by atoms with Crippen LogP contribution in [-0.4, -0.2) is 29.2 Å². The van der Waals surface area contributed by atoms with Crippen LogP contribution in [0.1, 0.15) is 48.0 Å².